The SMILES string of the molecule is CCNC(=NCc1ncccc1C)NCc1cc(C(C)C)no1. The molecule has 124 valence electrons. The van der Waals surface area contributed by atoms with Crippen LogP contribution in [0.1, 0.15) is 49.4 Å². The molecule has 0 aliphatic heterocycles. The second kappa shape index (κ2) is 8.31. The average molecular weight is 315 g/mol. The summed E-state index contributed by atoms with van der Waals surface area (Å²) in [5.41, 5.74) is 3.09. The van der Waals surface area contributed by atoms with Crippen molar-refractivity contribution in [3.63, 3.8) is 0 Å². The number of aromatic nitrogens is 2. The first-order valence-electron chi connectivity index (χ1n) is 7.98. The second-order valence-electron chi connectivity index (χ2n) is 5.69. The maximum atomic E-state index is 5.33. The third-order valence-electron chi connectivity index (χ3n) is 3.45. The molecule has 0 atom stereocenters. The molecular weight excluding hydrogens is 290 g/mol. The number of hydrogen-bond donors (Lipinski definition) is 2. The summed E-state index contributed by atoms with van der Waals surface area (Å²) in [4.78, 5) is 8.93. The molecule has 2 aromatic rings. The predicted molar refractivity (Wildman–Crippen MR) is 91.2 cm³/mol. The largest absolute Gasteiger partial charge is 0.359 e. The van der Waals surface area contributed by atoms with Gasteiger partial charge in [0.2, 0.25) is 0 Å². The molecule has 0 amide bonds. The van der Waals surface area contributed by atoms with Gasteiger partial charge in [-0.25, -0.2) is 4.99 Å². The van der Waals surface area contributed by atoms with Gasteiger partial charge in [0.05, 0.1) is 24.5 Å². The van der Waals surface area contributed by atoms with E-state index in [0.29, 0.717) is 19.0 Å². The monoisotopic (exact) mass is 315 g/mol. The molecule has 0 spiro atoms. The molecule has 0 bridgehead atoms. The van der Waals surface area contributed by atoms with Crippen molar-refractivity contribution in [2.45, 2.75) is 46.7 Å². The Morgan fingerprint density at radius 1 is 1.35 bits per heavy atom. The van der Waals surface area contributed by atoms with E-state index in [1.165, 1.54) is 0 Å². The summed E-state index contributed by atoms with van der Waals surface area (Å²) in [7, 11) is 0. The Kier molecular flexibility index (Phi) is 6.14. The van der Waals surface area contributed by atoms with Crippen LogP contribution in [-0.4, -0.2) is 22.6 Å². The van der Waals surface area contributed by atoms with Crippen LogP contribution in [-0.2, 0) is 13.1 Å². The van der Waals surface area contributed by atoms with E-state index in [2.05, 4.69) is 39.6 Å². The van der Waals surface area contributed by atoms with E-state index < -0.39 is 0 Å². The molecule has 0 aliphatic rings. The number of aliphatic imine (C=N–C) groups is 1. The second-order valence-corrected chi connectivity index (χ2v) is 5.69. The highest BCUT2D eigenvalue weighted by molar-refractivity contribution is 5.79. The number of nitrogens with zero attached hydrogens (tertiary/aromatic N) is 3. The van der Waals surface area contributed by atoms with Crippen LogP contribution >= 0.6 is 0 Å². The van der Waals surface area contributed by atoms with Gasteiger partial charge in [-0.2, -0.15) is 0 Å². The molecule has 0 saturated carbocycles. The molecule has 0 aromatic carbocycles. The maximum Gasteiger partial charge on any atom is 0.192 e. The number of pyridine rings is 1. The summed E-state index contributed by atoms with van der Waals surface area (Å²) >= 11 is 0. The highest BCUT2D eigenvalue weighted by atomic mass is 16.5. The fraction of sp³-hybridized carbons (Fsp3) is 0.471. The average Bonchev–Trinajstić information content (AvgIpc) is 3.00. The summed E-state index contributed by atoms with van der Waals surface area (Å²) < 4.78 is 5.33. The molecule has 2 aromatic heterocycles. The number of rotatable bonds is 6. The van der Waals surface area contributed by atoms with Crippen LogP contribution in [0, 0.1) is 6.92 Å². The highest BCUT2D eigenvalue weighted by Gasteiger charge is 2.08. The third-order valence-corrected chi connectivity index (χ3v) is 3.45. The molecule has 0 saturated heterocycles. The van der Waals surface area contributed by atoms with Crippen LogP contribution < -0.4 is 10.6 Å². The zero-order chi connectivity index (χ0) is 16.7. The van der Waals surface area contributed by atoms with E-state index in [9.17, 15) is 0 Å². The van der Waals surface area contributed by atoms with Gasteiger partial charge in [0.25, 0.3) is 0 Å². The topological polar surface area (TPSA) is 75.3 Å². The van der Waals surface area contributed by atoms with E-state index in [0.717, 1.165) is 35.2 Å². The van der Waals surface area contributed by atoms with E-state index in [1.807, 2.05) is 32.0 Å². The van der Waals surface area contributed by atoms with Gasteiger partial charge in [0, 0.05) is 18.8 Å². The first kappa shape index (κ1) is 17.0. The van der Waals surface area contributed by atoms with Crippen LogP contribution in [0.15, 0.2) is 33.9 Å². The number of guanidine groups is 1. The molecule has 0 unspecified atom stereocenters. The quantitative estimate of drug-likeness (QED) is 0.633. The van der Waals surface area contributed by atoms with Gasteiger partial charge in [0.1, 0.15) is 0 Å². The minimum atomic E-state index is 0.363. The molecule has 0 radical (unpaired) electrons. The molecule has 0 aliphatic carbocycles. The maximum absolute atomic E-state index is 5.33. The summed E-state index contributed by atoms with van der Waals surface area (Å²) in [6.45, 7) is 10.1. The van der Waals surface area contributed by atoms with Crippen LogP contribution in [0.3, 0.4) is 0 Å². The first-order valence-corrected chi connectivity index (χ1v) is 7.98. The Labute approximate surface area is 137 Å². The van der Waals surface area contributed by atoms with Gasteiger partial charge in [-0.15, -0.1) is 0 Å². The highest BCUT2D eigenvalue weighted by Crippen LogP contribution is 2.13. The van der Waals surface area contributed by atoms with Crippen molar-refractivity contribution < 1.29 is 4.52 Å². The van der Waals surface area contributed by atoms with Gasteiger partial charge < -0.3 is 15.2 Å². The smallest absolute Gasteiger partial charge is 0.192 e. The fourth-order valence-corrected chi connectivity index (χ4v) is 2.03. The molecule has 2 N–H and O–H groups in total. The van der Waals surface area contributed by atoms with E-state index in [4.69, 9.17) is 4.52 Å². The van der Waals surface area contributed by atoms with Crippen LogP contribution in [0.2, 0.25) is 0 Å². The van der Waals surface area contributed by atoms with Crippen molar-refractivity contribution >= 4 is 5.96 Å². The van der Waals surface area contributed by atoms with Crippen molar-refractivity contribution in [1.29, 1.82) is 0 Å². The lowest BCUT2D eigenvalue weighted by Gasteiger charge is -2.10. The minimum Gasteiger partial charge on any atom is -0.359 e. The van der Waals surface area contributed by atoms with Gasteiger partial charge in [0.15, 0.2) is 11.7 Å². The van der Waals surface area contributed by atoms with Crippen molar-refractivity contribution in [1.82, 2.24) is 20.8 Å². The van der Waals surface area contributed by atoms with E-state index >= 15 is 0 Å². The Bertz CT molecular complexity index is 648. The summed E-state index contributed by atoms with van der Waals surface area (Å²) in [6, 6.07) is 5.95. The van der Waals surface area contributed by atoms with Gasteiger partial charge in [-0.1, -0.05) is 25.1 Å². The molecule has 23 heavy (non-hydrogen) atoms. The number of hydrogen-bond acceptors (Lipinski definition) is 4. The summed E-state index contributed by atoms with van der Waals surface area (Å²) in [5, 5.41) is 10.5. The lowest BCUT2D eigenvalue weighted by atomic mass is 10.1. The zero-order valence-corrected chi connectivity index (χ0v) is 14.3. The van der Waals surface area contributed by atoms with Crippen molar-refractivity contribution in [3.05, 3.63) is 47.1 Å². The molecule has 2 heterocycles. The van der Waals surface area contributed by atoms with Crippen molar-refractivity contribution in [2.24, 2.45) is 4.99 Å². The van der Waals surface area contributed by atoms with Crippen LogP contribution in [0.25, 0.3) is 0 Å². The lowest BCUT2D eigenvalue weighted by molar-refractivity contribution is 0.372. The standard InChI is InChI=1S/C17H25N5O/c1-5-18-17(21-11-16-13(4)7-6-8-19-16)20-10-14-9-15(12(2)3)22-23-14/h6-9,12H,5,10-11H2,1-4H3,(H2,18,20,21). The predicted octanol–water partition coefficient (Wildman–Crippen LogP) is 2.76. The van der Waals surface area contributed by atoms with Crippen LogP contribution in [0.4, 0.5) is 0 Å². The Balaban J connectivity index is 1.97. The Morgan fingerprint density at radius 2 is 2.17 bits per heavy atom. The molecule has 0 fully saturated rings. The van der Waals surface area contributed by atoms with Gasteiger partial charge in [-0.05, 0) is 31.4 Å². The van der Waals surface area contributed by atoms with Crippen molar-refractivity contribution in [3.8, 4) is 0 Å². The fourth-order valence-electron chi connectivity index (χ4n) is 2.03. The minimum absolute atomic E-state index is 0.363. The summed E-state index contributed by atoms with van der Waals surface area (Å²) in [6.07, 6.45) is 1.79. The van der Waals surface area contributed by atoms with Crippen molar-refractivity contribution in [2.75, 3.05) is 6.54 Å². The molecule has 2 rings (SSSR count). The molecule has 6 heteroatoms. The third kappa shape index (κ3) is 5.09. The Morgan fingerprint density at radius 3 is 2.83 bits per heavy atom. The van der Waals surface area contributed by atoms with Crippen LogP contribution in [0.5, 0.6) is 0 Å². The normalized spacial score (nSPS) is 11.8. The van der Waals surface area contributed by atoms with Gasteiger partial charge in [-0.3, -0.25) is 4.98 Å². The Hall–Kier alpha value is -2.37. The van der Waals surface area contributed by atoms with E-state index in [-0.39, 0.29) is 0 Å². The molecule has 6 nitrogen and oxygen atoms in total. The van der Waals surface area contributed by atoms with E-state index in [1.54, 1.807) is 6.20 Å². The van der Waals surface area contributed by atoms with Gasteiger partial charge >= 0.3 is 0 Å². The molecular formula is C17H25N5O. The first-order chi connectivity index (χ1) is 11.1. The summed E-state index contributed by atoms with van der Waals surface area (Å²) in [5.74, 6) is 1.90. The lowest BCUT2D eigenvalue weighted by Crippen LogP contribution is -2.36. The number of nitrogens with one attached hydrogen (secondary N) is 2. The number of aryl methyl sites for hydroxylation is 1. The zero-order valence-electron chi connectivity index (χ0n) is 14.3.